The predicted molar refractivity (Wildman–Crippen MR) is 59.5 cm³/mol. The van der Waals surface area contributed by atoms with Crippen LogP contribution in [0.3, 0.4) is 0 Å². The maximum Gasteiger partial charge on any atom is 0.326 e. The maximum atomic E-state index is 11.7. The number of hydrogen-bond acceptors (Lipinski definition) is 4. The van der Waals surface area contributed by atoms with E-state index in [2.05, 4.69) is 4.98 Å². The van der Waals surface area contributed by atoms with Gasteiger partial charge in [-0.2, -0.15) is 0 Å². The second-order valence-electron chi connectivity index (χ2n) is 3.39. The Morgan fingerprint density at radius 1 is 1.69 bits per heavy atom. The highest BCUT2D eigenvalue weighted by Crippen LogP contribution is 2.34. The Kier molecular flexibility index (Phi) is 2.82. The van der Waals surface area contributed by atoms with Gasteiger partial charge in [-0.1, -0.05) is 0 Å². The molecule has 0 radical (unpaired) electrons. The Balaban J connectivity index is 2.44. The number of amides is 1. The Hall–Kier alpha value is -1.56. The molecule has 16 heavy (non-hydrogen) atoms. The molecule has 1 aliphatic heterocycles. The highest BCUT2D eigenvalue weighted by atomic mass is 32.2. The van der Waals surface area contributed by atoms with Crippen LogP contribution in [-0.2, 0) is 9.59 Å². The van der Waals surface area contributed by atoms with E-state index in [1.165, 1.54) is 23.6 Å². The van der Waals surface area contributed by atoms with Crippen molar-refractivity contribution in [3.63, 3.8) is 0 Å². The summed E-state index contributed by atoms with van der Waals surface area (Å²) in [6.07, 6.45) is 1.56. The van der Waals surface area contributed by atoms with Crippen LogP contribution in [-0.4, -0.2) is 33.8 Å². The van der Waals surface area contributed by atoms with Crippen molar-refractivity contribution in [2.45, 2.75) is 17.9 Å². The van der Waals surface area contributed by atoms with Gasteiger partial charge >= 0.3 is 5.97 Å². The van der Waals surface area contributed by atoms with Gasteiger partial charge in [-0.25, -0.2) is 9.78 Å². The molecule has 2 rings (SSSR count). The van der Waals surface area contributed by atoms with E-state index < -0.39 is 12.0 Å². The molecule has 0 bridgehead atoms. The normalized spacial score (nSPS) is 16.8. The fourth-order valence-corrected chi connectivity index (χ4v) is 2.39. The van der Waals surface area contributed by atoms with E-state index in [1.54, 1.807) is 12.3 Å². The van der Waals surface area contributed by atoms with Gasteiger partial charge in [-0.3, -0.25) is 9.69 Å². The molecule has 1 unspecified atom stereocenters. The standard InChI is InChI=1S/C10H10N2O3S/c1-6(10(14)15)12-8(13)5-16-7-3-2-4-11-9(7)12/h2-4,6H,5H2,1H3,(H,14,15). The van der Waals surface area contributed by atoms with Crippen LogP contribution in [0.25, 0.3) is 0 Å². The summed E-state index contributed by atoms with van der Waals surface area (Å²) >= 11 is 1.38. The summed E-state index contributed by atoms with van der Waals surface area (Å²) in [7, 11) is 0. The van der Waals surface area contributed by atoms with Gasteiger partial charge in [0.2, 0.25) is 5.91 Å². The van der Waals surface area contributed by atoms with E-state index in [0.717, 1.165) is 4.90 Å². The Bertz CT molecular complexity index is 449. The van der Waals surface area contributed by atoms with Crippen molar-refractivity contribution in [3.05, 3.63) is 18.3 Å². The molecule has 5 nitrogen and oxygen atoms in total. The molecule has 0 spiro atoms. The molecule has 0 fully saturated rings. The van der Waals surface area contributed by atoms with Gasteiger partial charge in [0.1, 0.15) is 11.9 Å². The summed E-state index contributed by atoms with van der Waals surface area (Å²) < 4.78 is 0. The molecule has 1 aromatic rings. The van der Waals surface area contributed by atoms with Gasteiger partial charge in [-0.15, -0.1) is 11.8 Å². The number of fused-ring (bicyclic) bond motifs is 1. The average Bonchev–Trinajstić information content (AvgIpc) is 2.28. The van der Waals surface area contributed by atoms with E-state index in [4.69, 9.17) is 5.11 Å². The first kappa shape index (κ1) is 10.9. The predicted octanol–water partition coefficient (Wildman–Crippen LogP) is 0.993. The number of carboxylic acids is 1. The lowest BCUT2D eigenvalue weighted by atomic mass is 10.2. The minimum absolute atomic E-state index is 0.217. The van der Waals surface area contributed by atoms with Crippen molar-refractivity contribution < 1.29 is 14.7 Å². The van der Waals surface area contributed by atoms with Gasteiger partial charge in [0.25, 0.3) is 0 Å². The zero-order chi connectivity index (χ0) is 11.7. The molecule has 1 N–H and O–H groups in total. The Morgan fingerprint density at radius 3 is 3.12 bits per heavy atom. The van der Waals surface area contributed by atoms with Crippen molar-refractivity contribution in [2.75, 3.05) is 10.7 Å². The summed E-state index contributed by atoms with van der Waals surface area (Å²) in [4.78, 5) is 28.8. The summed E-state index contributed by atoms with van der Waals surface area (Å²) in [6.45, 7) is 1.48. The maximum absolute atomic E-state index is 11.7. The fraction of sp³-hybridized carbons (Fsp3) is 0.300. The van der Waals surface area contributed by atoms with Crippen LogP contribution in [0.5, 0.6) is 0 Å². The molecule has 1 aliphatic rings. The highest BCUT2D eigenvalue weighted by molar-refractivity contribution is 8.00. The minimum atomic E-state index is -1.03. The number of aliphatic carboxylic acids is 1. The smallest absolute Gasteiger partial charge is 0.326 e. The third-order valence-corrected chi connectivity index (χ3v) is 3.36. The molecule has 0 aliphatic carbocycles. The quantitative estimate of drug-likeness (QED) is 0.832. The summed E-state index contributed by atoms with van der Waals surface area (Å²) in [5.74, 6) is -0.544. The Labute approximate surface area is 96.5 Å². The summed E-state index contributed by atoms with van der Waals surface area (Å²) in [6, 6.07) is 2.72. The summed E-state index contributed by atoms with van der Waals surface area (Å²) in [5, 5.41) is 8.95. The van der Waals surface area contributed by atoms with Gasteiger partial charge in [0.15, 0.2) is 0 Å². The van der Waals surface area contributed by atoms with Crippen LogP contribution < -0.4 is 4.90 Å². The third kappa shape index (κ3) is 1.76. The SMILES string of the molecule is CC(C(=O)O)N1C(=O)CSc2cccnc21. The van der Waals surface area contributed by atoms with Crippen molar-refractivity contribution in [1.29, 1.82) is 0 Å². The molecule has 6 heteroatoms. The molecule has 84 valence electrons. The van der Waals surface area contributed by atoms with E-state index >= 15 is 0 Å². The molecule has 1 aromatic heterocycles. The zero-order valence-electron chi connectivity index (χ0n) is 8.58. The molecular formula is C10H10N2O3S. The van der Waals surface area contributed by atoms with Crippen molar-refractivity contribution >= 4 is 29.5 Å². The van der Waals surface area contributed by atoms with E-state index in [0.29, 0.717) is 5.82 Å². The van der Waals surface area contributed by atoms with Crippen molar-refractivity contribution in [2.24, 2.45) is 0 Å². The van der Waals surface area contributed by atoms with E-state index in [1.807, 2.05) is 6.07 Å². The molecule has 1 amide bonds. The number of aromatic nitrogens is 1. The number of anilines is 1. The second kappa shape index (κ2) is 4.13. The van der Waals surface area contributed by atoms with E-state index in [9.17, 15) is 9.59 Å². The number of carbonyl (C=O) groups is 2. The highest BCUT2D eigenvalue weighted by Gasteiger charge is 2.32. The van der Waals surface area contributed by atoms with Crippen LogP contribution in [0.1, 0.15) is 6.92 Å². The first-order chi connectivity index (χ1) is 7.61. The lowest BCUT2D eigenvalue weighted by Gasteiger charge is -2.30. The summed E-state index contributed by atoms with van der Waals surface area (Å²) in [5.41, 5.74) is 0. The number of pyridine rings is 1. The minimum Gasteiger partial charge on any atom is -0.480 e. The van der Waals surface area contributed by atoms with Crippen molar-refractivity contribution in [1.82, 2.24) is 4.98 Å². The molecule has 1 atom stereocenters. The molecule has 0 aromatic carbocycles. The first-order valence-electron chi connectivity index (χ1n) is 4.74. The average molecular weight is 238 g/mol. The lowest BCUT2D eigenvalue weighted by Crippen LogP contribution is -2.46. The van der Waals surface area contributed by atoms with Gasteiger partial charge in [-0.05, 0) is 19.1 Å². The first-order valence-corrected chi connectivity index (χ1v) is 5.72. The number of thioether (sulfide) groups is 1. The molecule has 2 heterocycles. The number of hydrogen-bond donors (Lipinski definition) is 1. The van der Waals surface area contributed by atoms with Gasteiger partial charge < -0.3 is 5.11 Å². The van der Waals surface area contributed by atoms with E-state index in [-0.39, 0.29) is 11.7 Å². The largest absolute Gasteiger partial charge is 0.480 e. The number of nitrogens with zero attached hydrogens (tertiary/aromatic N) is 2. The van der Waals surface area contributed by atoms with Gasteiger partial charge in [0.05, 0.1) is 10.6 Å². The van der Waals surface area contributed by atoms with Gasteiger partial charge in [0, 0.05) is 6.20 Å². The fourth-order valence-electron chi connectivity index (χ4n) is 1.51. The lowest BCUT2D eigenvalue weighted by molar-refractivity contribution is -0.139. The van der Waals surface area contributed by atoms with Crippen LogP contribution in [0.2, 0.25) is 0 Å². The van der Waals surface area contributed by atoms with Crippen LogP contribution in [0.4, 0.5) is 5.82 Å². The number of rotatable bonds is 2. The third-order valence-electron chi connectivity index (χ3n) is 2.34. The molecule has 0 saturated heterocycles. The topological polar surface area (TPSA) is 70.5 Å². The molecule has 0 saturated carbocycles. The molecular weight excluding hydrogens is 228 g/mol. The van der Waals surface area contributed by atoms with Crippen LogP contribution >= 0.6 is 11.8 Å². The van der Waals surface area contributed by atoms with Crippen molar-refractivity contribution in [3.8, 4) is 0 Å². The second-order valence-corrected chi connectivity index (χ2v) is 4.41. The number of carboxylic acid groups (broad SMARTS) is 1. The zero-order valence-corrected chi connectivity index (χ0v) is 9.40. The monoisotopic (exact) mass is 238 g/mol. The Morgan fingerprint density at radius 2 is 2.44 bits per heavy atom. The van der Waals surface area contributed by atoms with Crippen LogP contribution in [0, 0.1) is 0 Å². The number of carbonyl (C=O) groups excluding carboxylic acids is 1. The van der Waals surface area contributed by atoms with Crippen LogP contribution in [0.15, 0.2) is 23.2 Å².